The van der Waals surface area contributed by atoms with Gasteiger partial charge in [-0.25, -0.2) is 14.8 Å². The van der Waals surface area contributed by atoms with Crippen molar-refractivity contribution >= 4 is 51.0 Å². The second-order valence-corrected chi connectivity index (χ2v) is 10.4. The number of halogens is 4. The Labute approximate surface area is 233 Å². The van der Waals surface area contributed by atoms with Crippen LogP contribution in [0.15, 0.2) is 36.7 Å². The largest absolute Gasteiger partial charge is 0.490 e. The van der Waals surface area contributed by atoms with E-state index >= 15 is 0 Å². The molecule has 2 aromatic heterocycles. The maximum atomic E-state index is 10.6. The summed E-state index contributed by atoms with van der Waals surface area (Å²) in [5.74, 6) is -1.79. The quantitative estimate of drug-likeness (QED) is 0.310. The zero-order valence-corrected chi connectivity index (χ0v) is 22.7. The summed E-state index contributed by atoms with van der Waals surface area (Å²) >= 11 is 6.20. The van der Waals surface area contributed by atoms with Crippen LogP contribution in [0, 0.1) is 0 Å². The lowest BCUT2D eigenvalue weighted by molar-refractivity contribution is -0.192. The number of ether oxygens (including phenoxy) is 1. The van der Waals surface area contributed by atoms with Crippen molar-refractivity contribution < 1.29 is 27.8 Å². The lowest BCUT2D eigenvalue weighted by Crippen LogP contribution is -2.36. The number of morpholine rings is 1. The van der Waals surface area contributed by atoms with Gasteiger partial charge in [-0.05, 0) is 43.2 Å². The maximum absolute atomic E-state index is 10.6. The smallest absolute Gasteiger partial charge is 0.475 e. The molecule has 0 atom stereocenters. The minimum atomic E-state index is -5.08. The van der Waals surface area contributed by atoms with Crippen LogP contribution in [0.2, 0.25) is 5.02 Å². The van der Waals surface area contributed by atoms with Crippen molar-refractivity contribution in [2.45, 2.75) is 44.4 Å². The van der Waals surface area contributed by atoms with Gasteiger partial charge in [0.15, 0.2) is 0 Å². The topological polar surface area (TPSA) is 97.4 Å². The summed E-state index contributed by atoms with van der Waals surface area (Å²) in [4.78, 5) is 21.0. The standard InChI is InChI=1S/C25H29ClN6O.C2HF3O2/c1-30-22-12-17(26)6-7-20(22)29-24(30)15-27-21-13-19(31-8-10-33-11-9-31)14-23-25(21)28-16-32(23)18-4-2-3-5-18;3-2(4,5)1(6)7/h6-7,12-14,16,18,27H,2-5,8-11,15H2,1H3;(H,6,7). The number of aliphatic carboxylic acids is 1. The van der Waals surface area contributed by atoms with Gasteiger partial charge < -0.3 is 29.2 Å². The van der Waals surface area contributed by atoms with Gasteiger partial charge in [0, 0.05) is 36.9 Å². The number of aromatic nitrogens is 4. The van der Waals surface area contributed by atoms with E-state index in [0.717, 1.165) is 59.4 Å². The molecule has 13 heteroatoms. The van der Waals surface area contributed by atoms with E-state index in [1.54, 1.807) is 0 Å². The second-order valence-electron chi connectivity index (χ2n) is 9.93. The summed E-state index contributed by atoms with van der Waals surface area (Å²) in [6.45, 7) is 3.97. The molecule has 1 saturated carbocycles. The van der Waals surface area contributed by atoms with Gasteiger partial charge in [0.25, 0.3) is 0 Å². The molecule has 9 nitrogen and oxygen atoms in total. The van der Waals surface area contributed by atoms with E-state index < -0.39 is 12.1 Å². The van der Waals surface area contributed by atoms with Crippen molar-refractivity contribution in [3.05, 3.63) is 47.5 Å². The van der Waals surface area contributed by atoms with E-state index in [1.165, 1.54) is 36.9 Å². The van der Waals surface area contributed by atoms with Crippen molar-refractivity contribution in [3.8, 4) is 0 Å². The highest BCUT2D eigenvalue weighted by atomic mass is 35.5. The first kappa shape index (κ1) is 28.0. The highest BCUT2D eigenvalue weighted by Crippen LogP contribution is 2.36. The number of aryl methyl sites for hydroxylation is 1. The van der Waals surface area contributed by atoms with Gasteiger partial charge in [0.1, 0.15) is 11.3 Å². The number of imidazole rings is 2. The fraction of sp³-hybridized carbons (Fsp3) is 0.444. The first-order valence-corrected chi connectivity index (χ1v) is 13.5. The number of rotatable bonds is 5. The third kappa shape index (κ3) is 5.97. The van der Waals surface area contributed by atoms with Gasteiger partial charge in [-0.3, -0.25) is 0 Å². The van der Waals surface area contributed by atoms with Crippen LogP contribution in [0.4, 0.5) is 24.5 Å². The van der Waals surface area contributed by atoms with E-state index in [2.05, 4.69) is 31.5 Å². The van der Waals surface area contributed by atoms with Gasteiger partial charge >= 0.3 is 12.1 Å². The molecule has 0 bridgehead atoms. The summed E-state index contributed by atoms with van der Waals surface area (Å²) in [6.07, 6.45) is 2.02. The summed E-state index contributed by atoms with van der Waals surface area (Å²) in [7, 11) is 2.04. The number of carboxylic acid groups (broad SMARTS) is 1. The van der Waals surface area contributed by atoms with E-state index in [-0.39, 0.29) is 0 Å². The number of anilines is 2. The summed E-state index contributed by atoms with van der Waals surface area (Å²) in [5.41, 5.74) is 6.51. The number of nitrogens with zero attached hydrogens (tertiary/aromatic N) is 5. The average Bonchev–Trinajstić information content (AvgIpc) is 3.67. The molecule has 1 saturated heterocycles. The third-order valence-electron chi connectivity index (χ3n) is 7.37. The molecular weight excluding hydrogens is 549 g/mol. The Balaban J connectivity index is 0.000000411. The Bertz CT molecular complexity index is 1510. The van der Waals surface area contributed by atoms with Crippen molar-refractivity contribution in [2.75, 3.05) is 36.5 Å². The zero-order chi connectivity index (χ0) is 28.4. The van der Waals surface area contributed by atoms with E-state index in [9.17, 15) is 13.2 Å². The first-order valence-electron chi connectivity index (χ1n) is 13.1. The Morgan fingerprint density at radius 2 is 1.85 bits per heavy atom. The van der Waals surface area contributed by atoms with Crippen LogP contribution in [0.25, 0.3) is 22.1 Å². The van der Waals surface area contributed by atoms with Gasteiger partial charge in [-0.15, -0.1) is 0 Å². The molecule has 214 valence electrons. The molecule has 1 aliphatic heterocycles. The number of nitrogens with one attached hydrogen (secondary N) is 1. The maximum Gasteiger partial charge on any atom is 0.490 e. The third-order valence-corrected chi connectivity index (χ3v) is 7.61. The molecule has 6 rings (SSSR count). The fourth-order valence-corrected chi connectivity index (χ4v) is 5.44. The highest BCUT2D eigenvalue weighted by Gasteiger charge is 2.38. The zero-order valence-electron chi connectivity index (χ0n) is 21.9. The Morgan fingerprint density at radius 3 is 2.52 bits per heavy atom. The molecular formula is C27H30ClF3N6O3. The molecule has 2 fully saturated rings. The molecule has 0 spiro atoms. The number of carboxylic acids is 1. The van der Waals surface area contributed by atoms with E-state index in [4.69, 9.17) is 36.2 Å². The Morgan fingerprint density at radius 1 is 1.15 bits per heavy atom. The van der Waals surface area contributed by atoms with Gasteiger partial charge in [-0.1, -0.05) is 24.4 Å². The van der Waals surface area contributed by atoms with Gasteiger partial charge in [-0.2, -0.15) is 13.2 Å². The molecule has 4 aromatic rings. The minimum absolute atomic E-state index is 0.548. The van der Waals surface area contributed by atoms with Crippen molar-refractivity contribution in [3.63, 3.8) is 0 Å². The average molecular weight is 579 g/mol. The molecule has 0 unspecified atom stereocenters. The fourth-order valence-electron chi connectivity index (χ4n) is 5.28. The van der Waals surface area contributed by atoms with Gasteiger partial charge in [0.2, 0.25) is 0 Å². The SMILES string of the molecule is Cn1c(CNc2cc(N3CCOCC3)cc3c2ncn3C2CCCC2)nc2ccc(Cl)cc21.O=C(O)C(F)(F)F. The summed E-state index contributed by atoms with van der Waals surface area (Å²) in [5, 5.41) is 11.5. The van der Waals surface area contributed by atoms with Crippen LogP contribution in [0.5, 0.6) is 0 Å². The number of fused-ring (bicyclic) bond motifs is 2. The predicted octanol–water partition coefficient (Wildman–Crippen LogP) is 5.77. The van der Waals surface area contributed by atoms with Crippen molar-refractivity contribution in [2.24, 2.45) is 7.05 Å². The Hall–Kier alpha value is -3.51. The predicted molar refractivity (Wildman–Crippen MR) is 147 cm³/mol. The highest BCUT2D eigenvalue weighted by molar-refractivity contribution is 6.31. The van der Waals surface area contributed by atoms with Crippen molar-refractivity contribution in [1.29, 1.82) is 0 Å². The van der Waals surface area contributed by atoms with Crippen LogP contribution in [0.3, 0.4) is 0 Å². The number of hydrogen-bond donors (Lipinski definition) is 2. The first-order chi connectivity index (χ1) is 19.1. The number of alkyl halides is 3. The summed E-state index contributed by atoms with van der Waals surface area (Å²) in [6, 6.07) is 10.9. The van der Waals surface area contributed by atoms with Crippen LogP contribution < -0.4 is 10.2 Å². The van der Waals surface area contributed by atoms with Gasteiger partial charge in [0.05, 0.1) is 48.3 Å². The van der Waals surface area contributed by atoms with Crippen LogP contribution in [-0.2, 0) is 23.1 Å². The molecule has 2 aromatic carbocycles. The molecule has 40 heavy (non-hydrogen) atoms. The number of hydrogen-bond acceptors (Lipinski definition) is 6. The minimum Gasteiger partial charge on any atom is -0.475 e. The van der Waals surface area contributed by atoms with Crippen LogP contribution in [0.1, 0.15) is 37.5 Å². The van der Waals surface area contributed by atoms with E-state index in [0.29, 0.717) is 12.6 Å². The molecule has 0 radical (unpaired) electrons. The number of benzene rings is 2. The molecule has 2 aliphatic rings. The molecule has 1 aliphatic carbocycles. The molecule has 0 amide bonds. The lowest BCUT2D eigenvalue weighted by Gasteiger charge is -2.29. The van der Waals surface area contributed by atoms with E-state index in [1.807, 2.05) is 31.6 Å². The summed E-state index contributed by atoms with van der Waals surface area (Å²) < 4.78 is 41.8. The Kier molecular flexibility index (Phi) is 8.09. The lowest BCUT2D eigenvalue weighted by atomic mass is 10.2. The van der Waals surface area contributed by atoms with Crippen LogP contribution in [-0.4, -0.2) is 62.7 Å². The normalized spacial score (nSPS) is 16.4. The van der Waals surface area contributed by atoms with Crippen LogP contribution >= 0.6 is 11.6 Å². The molecule has 2 N–H and O–H groups in total. The second kappa shape index (κ2) is 11.5. The monoisotopic (exact) mass is 578 g/mol. The number of carbonyl (C=O) groups is 1. The van der Waals surface area contributed by atoms with Crippen molar-refractivity contribution in [1.82, 2.24) is 19.1 Å². The molecule has 3 heterocycles.